The largest absolute Gasteiger partial charge is 0.545 e. The molecule has 0 radical (unpaired) electrons. The van der Waals surface area contributed by atoms with Crippen molar-refractivity contribution >= 4 is 17.9 Å². The lowest BCUT2D eigenvalue weighted by atomic mass is 10.1. The number of esters is 2. The van der Waals surface area contributed by atoms with E-state index in [4.69, 9.17) is 18.9 Å². The van der Waals surface area contributed by atoms with E-state index in [-0.39, 0.29) is 38.6 Å². The highest BCUT2D eigenvalue weighted by Crippen LogP contribution is 2.15. The molecule has 0 aromatic carbocycles. The van der Waals surface area contributed by atoms with Crippen LogP contribution in [0.3, 0.4) is 0 Å². The van der Waals surface area contributed by atoms with Crippen molar-refractivity contribution in [2.75, 3.05) is 47.5 Å². The minimum Gasteiger partial charge on any atom is -0.545 e. The molecule has 0 aliphatic heterocycles. The Morgan fingerprint density at radius 1 is 0.392 bits per heavy atom. The summed E-state index contributed by atoms with van der Waals surface area (Å²) in [5, 5.41) is 11.8. The van der Waals surface area contributed by atoms with Crippen molar-refractivity contribution in [1.82, 2.24) is 0 Å². The number of unbranched alkanes of at least 4 members (excludes halogenated alkanes) is 22. The highest BCUT2D eigenvalue weighted by Gasteiger charge is 2.22. The number of carboxylic acids is 1. The number of nitrogens with zero attached hydrogens (tertiary/aromatic N) is 1. The van der Waals surface area contributed by atoms with Gasteiger partial charge >= 0.3 is 11.9 Å². The fourth-order valence-corrected chi connectivity index (χ4v) is 8.35. The molecule has 2 unspecified atom stereocenters. The fraction of sp³-hybridized carbons (Fsp3) is 0.671. The first-order valence-corrected chi connectivity index (χ1v) is 31.7. The van der Waals surface area contributed by atoms with Gasteiger partial charge in [-0.2, -0.15) is 0 Å². The van der Waals surface area contributed by atoms with Gasteiger partial charge in [0.15, 0.2) is 12.4 Å². The molecule has 0 spiro atoms. The van der Waals surface area contributed by atoms with Crippen molar-refractivity contribution in [3.8, 4) is 0 Å². The van der Waals surface area contributed by atoms with Crippen LogP contribution in [0.4, 0.5) is 0 Å². The number of allylic oxidation sites excluding steroid dienone is 20. The van der Waals surface area contributed by atoms with Crippen LogP contribution in [-0.4, -0.2) is 82.3 Å². The second kappa shape index (κ2) is 59.8. The van der Waals surface area contributed by atoms with E-state index < -0.39 is 24.3 Å². The van der Waals surface area contributed by atoms with E-state index in [9.17, 15) is 19.5 Å². The third kappa shape index (κ3) is 61.2. The number of ether oxygens (including phenoxy) is 4. The normalized spacial score (nSPS) is 13.6. The number of hydrogen-bond acceptors (Lipinski definition) is 8. The standard InChI is InChI=1S/C70H117NO8/c1-6-8-10-12-14-16-18-20-22-24-26-28-29-30-31-32-33-34-35-36-37-38-39-41-43-45-47-49-51-53-55-57-59-61-68(73)79-66(65-78-70(69(74)75)76-63-62-71(3,4)5)64-77-67(72)60-58-56-54-52-50-48-46-44-42-40-27-25-23-21-19-17-15-13-11-9-7-2/h8,10,14,16,19-22,25-28,30-31,33-34,36-37,39,41,66,70H,6-7,9,11-13,15,17-18,23-24,29,32,35,38,40,42-65H2,1-5H3/b10-8-,16-14-,21-19-,22-20-,27-25-,28-26-,31-30-,34-33-,37-36-,41-39-. The lowest BCUT2D eigenvalue weighted by Crippen LogP contribution is -2.44. The maximum Gasteiger partial charge on any atom is 0.306 e. The van der Waals surface area contributed by atoms with Gasteiger partial charge < -0.3 is 33.3 Å². The molecule has 79 heavy (non-hydrogen) atoms. The van der Waals surface area contributed by atoms with Crippen molar-refractivity contribution < 1.29 is 42.9 Å². The molecule has 0 aromatic heterocycles. The van der Waals surface area contributed by atoms with Crippen LogP contribution in [0.2, 0.25) is 0 Å². The van der Waals surface area contributed by atoms with E-state index in [2.05, 4.69) is 135 Å². The first-order valence-electron chi connectivity index (χ1n) is 31.7. The van der Waals surface area contributed by atoms with Gasteiger partial charge in [0.05, 0.1) is 40.3 Å². The molecule has 0 fully saturated rings. The van der Waals surface area contributed by atoms with Gasteiger partial charge in [0, 0.05) is 12.8 Å². The smallest absolute Gasteiger partial charge is 0.306 e. The molecule has 0 N–H and O–H groups in total. The van der Waals surface area contributed by atoms with E-state index in [0.717, 1.165) is 116 Å². The average molecular weight is 1100 g/mol. The second-order valence-electron chi connectivity index (χ2n) is 22.0. The van der Waals surface area contributed by atoms with Gasteiger partial charge in [-0.25, -0.2) is 0 Å². The maximum absolute atomic E-state index is 12.9. The Morgan fingerprint density at radius 2 is 0.722 bits per heavy atom. The van der Waals surface area contributed by atoms with Gasteiger partial charge in [0.2, 0.25) is 0 Å². The van der Waals surface area contributed by atoms with E-state index in [0.29, 0.717) is 17.4 Å². The zero-order valence-corrected chi connectivity index (χ0v) is 51.2. The molecule has 0 aliphatic rings. The second-order valence-corrected chi connectivity index (χ2v) is 22.0. The summed E-state index contributed by atoms with van der Waals surface area (Å²) in [4.78, 5) is 37.4. The first-order chi connectivity index (χ1) is 38.6. The zero-order chi connectivity index (χ0) is 57.6. The maximum atomic E-state index is 12.9. The van der Waals surface area contributed by atoms with Crippen LogP contribution >= 0.6 is 0 Å². The van der Waals surface area contributed by atoms with E-state index in [1.807, 2.05) is 21.1 Å². The van der Waals surface area contributed by atoms with Gasteiger partial charge in [-0.05, 0) is 109 Å². The summed E-state index contributed by atoms with van der Waals surface area (Å²) in [6.45, 7) is 4.61. The summed E-state index contributed by atoms with van der Waals surface area (Å²) in [7, 11) is 5.91. The Balaban J connectivity index is 4.25. The van der Waals surface area contributed by atoms with Gasteiger partial charge in [-0.1, -0.05) is 245 Å². The summed E-state index contributed by atoms with van der Waals surface area (Å²) in [6, 6.07) is 0. The molecule has 0 heterocycles. The van der Waals surface area contributed by atoms with Crippen molar-refractivity contribution in [3.63, 3.8) is 0 Å². The molecule has 9 heteroatoms. The molecular formula is C70H117NO8. The summed E-state index contributed by atoms with van der Waals surface area (Å²) < 4.78 is 22.7. The highest BCUT2D eigenvalue weighted by atomic mass is 16.7. The van der Waals surface area contributed by atoms with E-state index in [1.165, 1.54) is 96.3 Å². The number of rotatable bonds is 57. The minimum atomic E-state index is -1.63. The van der Waals surface area contributed by atoms with Crippen molar-refractivity contribution in [2.24, 2.45) is 0 Å². The lowest BCUT2D eigenvalue weighted by molar-refractivity contribution is -0.870. The number of hydrogen-bond donors (Lipinski definition) is 0. The molecule has 450 valence electrons. The van der Waals surface area contributed by atoms with Crippen molar-refractivity contribution in [3.05, 3.63) is 122 Å². The summed E-state index contributed by atoms with van der Waals surface area (Å²) >= 11 is 0. The minimum absolute atomic E-state index is 0.139. The predicted octanol–water partition coefficient (Wildman–Crippen LogP) is 17.9. The lowest BCUT2D eigenvalue weighted by Gasteiger charge is -2.26. The Morgan fingerprint density at radius 3 is 1.08 bits per heavy atom. The van der Waals surface area contributed by atoms with Crippen molar-refractivity contribution in [2.45, 2.75) is 257 Å². The zero-order valence-electron chi connectivity index (χ0n) is 51.2. The fourth-order valence-electron chi connectivity index (χ4n) is 8.35. The quantitative estimate of drug-likeness (QED) is 0.0195. The SMILES string of the molecule is CC/C=C\C/C=C\C/C=C\C/C=C\C/C=C\C/C=C\C/C=C\C/C=C\CCCCCCCCCCC(=O)OC(COC(=O)CCCCCCCCCCC/C=C\C/C=C\CCCCCCC)COC(OCC[N+](C)(C)C)C(=O)[O-]. The van der Waals surface area contributed by atoms with Crippen LogP contribution < -0.4 is 5.11 Å². The molecule has 0 saturated carbocycles. The third-order valence-corrected chi connectivity index (χ3v) is 13.2. The number of carboxylic acid groups (broad SMARTS) is 1. The molecule has 0 saturated heterocycles. The van der Waals surface area contributed by atoms with Gasteiger partial charge in [0.25, 0.3) is 0 Å². The van der Waals surface area contributed by atoms with Crippen LogP contribution in [0.1, 0.15) is 245 Å². The summed E-state index contributed by atoms with van der Waals surface area (Å²) in [6.07, 6.45) is 81.0. The number of likely N-dealkylation sites (N-methyl/N-ethyl adjacent to an activating group) is 1. The molecule has 0 rings (SSSR count). The monoisotopic (exact) mass is 1100 g/mol. The van der Waals surface area contributed by atoms with Crippen LogP contribution in [0.25, 0.3) is 0 Å². The van der Waals surface area contributed by atoms with E-state index >= 15 is 0 Å². The van der Waals surface area contributed by atoms with Gasteiger partial charge in [-0.3, -0.25) is 9.59 Å². The Hall–Kier alpha value is -4.31. The van der Waals surface area contributed by atoms with Crippen molar-refractivity contribution in [1.29, 1.82) is 0 Å². The number of aliphatic carboxylic acids is 1. The van der Waals surface area contributed by atoms with Crippen LogP contribution in [0.15, 0.2) is 122 Å². The molecular weight excluding hydrogens is 983 g/mol. The molecule has 0 aromatic rings. The molecule has 2 atom stereocenters. The van der Waals surface area contributed by atoms with Crippen LogP contribution in [0.5, 0.6) is 0 Å². The number of carbonyl (C=O) groups excluding carboxylic acids is 3. The molecule has 0 bridgehead atoms. The van der Waals surface area contributed by atoms with Crippen LogP contribution in [0, 0.1) is 0 Å². The third-order valence-electron chi connectivity index (χ3n) is 13.2. The Bertz CT molecular complexity index is 1710. The first kappa shape index (κ1) is 74.7. The van der Waals surface area contributed by atoms with Crippen LogP contribution in [-0.2, 0) is 33.3 Å². The topological polar surface area (TPSA) is 111 Å². The predicted molar refractivity (Wildman–Crippen MR) is 333 cm³/mol. The Kier molecular flexibility index (Phi) is 56.5. The molecule has 0 amide bonds. The van der Waals surface area contributed by atoms with Gasteiger partial charge in [0.1, 0.15) is 13.2 Å². The number of quaternary nitrogens is 1. The summed E-state index contributed by atoms with van der Waals surface area (Å²) in [5.41, 5.74) is 0. The average Bonchev–Trinajstić information content (AvgIpc) is 3.42. The highest BCUT2D eigenvalue weighted by molar-refractivity contribution is 5.70. The summed E-state index contributed by atoms with van der Waals surface area (Å²) in [5.74, 6) is -2.31. The Labute approximate surface area is 485 Å². The number of carbonyl (C=O) groups is 3. The van der Waals surface area contributed by atoms with E-state index in [1.54, 1.807) is 0 Å². The van der Waals surface area contributed by atoms with Gasteiger partial charge in [-0.15, -0.1) is 0 Å². The molecule has 9 nitrogen and oxygen atoms in total. The molecule has 0 aliphatic carbocycles.